The summed E-state index contributed by atoms with van der Waals surface area (Å²) in [5.41, 5.74) is 0. The summed E-state index contributed by atoms with van der Waals surface area (Å²) in [7, 11) is 1.49. The molecule has 0 spiro atoms. The Hall–Kier alpha value is -1.83. The Morgan fingerprint density at radius 2 is 1.95 bits per heavy atom. The molecule has 1 fully saturated rings. The molecule has 0 aromatic rings. The van der Waals surface area contributed by atoms with E-state index in [9.17, 15) is 14.4 Å². The van der Waals surface area contributed by atoms with Crippen molar-refractivity contribution < 1.29 is 19.5 Å². The number of carboxylic acids is 1. The molecule has 1 saturated heterocycles. The van der Waals surface area contributed by atoms with Crippen LogP contribution in [0.2, 0.25) is 0 Å². The highest BCUT2D eigenvalue weighted by molar-refractivity contribution is 5.84. The SMILES string of the molecule is CN(CCC(=O)O)C(=O)NCC(=O)N1CCNCC1. The van der Waals surface area contributed by atoms with Crippen LogP contribution in [0.3, 0.4) is 0 Å². The first kappa shape index (κ1) is 15.2. The molecule has 1 aliphatic heterocycles. The zero-order valence-corrected chi connectivity index (χ0v) is 11.0. The predicted octanol–water partition coefficient (Wildman–Crippen LogP) is -1.47. The van der Waals surface area contributed by atoms with Gasteiger partial charge < -0.3 is 25.5 Å². The molecule has 8 heteroatoms. The fraction of sp³-hybridized carbons (Fsp3) is 0.727. The smallest absolute Gasteiger partial charge is 0.317 e. The number of carbonyl (C=O) groups excluding carboxylic acids is 2. The molecule has 1 aliphatic rings. The number of nitrogens with zero attached hydrogens (tertiary/aromatic N) is 2. The van der Waals surface area contributed by atoms with Gasteiger partial charge >= 0.3 is 12.0 Å². The number of rotatable bonds is 5. The summed E-state index contributed by atoms with van der Waals surface area (Å²) in [6.45, 7) is 2.86. The maximum absolute atomic E-state index is 11.8. The number of nitrogens with one attached hydrogen (secondary N) is 2. The largest absolute Gasteiger partial charge is 0.481 e. The van der Waals surface area contributed by atoms with Gasteiger partial charge in [0.15, 0.2) is 0 Å². The molecule has 0 aliphatic carbocycles. The molecule has 0 saturated carbocycles. The van der Waals surface area contributed by atoms with Crippen LogP contribution in [0.5, 0.6) is 0 Å². The zero-order chi connectivity index (χ0) is 14.3. The first-order valence-electron chi connectivity index (χ1n) is 6.20. The van der Waals surface area contributed by atoms with Gasteiger partial charge in [0.1, 0.15) is 0 Å². The number of hydrogen-bond donors (Lipinski definition) is 3. The molecule has 0 atom stereocenters. The first-order chi connectivity index (χ1) is 9.00. The third-order valence-electron chi connectivity index (χ3n) is 2.87. The Kier molecular flexibility index (Phi) is 6.07. The lowest BCUT2D eigenvalue weighted by Crippen LogP contribution is -2.50. The molecule has 3 amide bonds. The summed E-state index contributed by atoms with van der Waals surface area (Å²) in [6, 6.07) is -0.440. The van der Waals surface area contributed by atoms with Crippen molar-refractivity contribution in [2.45, 2.75) is 6.42 Å². The highest BCUT2D eigenvalue weighted by Crippen LogP contribution is 1.93. The van der Waals surface area contributed by atoms with E-state index >= 15 is 0 Å². The van der Waals surface area contributed by atoms with Crippen molar-refractivity contribution in [3.05, 3.63) is 0 Å². The number of carboxylic acid groups (broad SMARTS) is 1. The monoisotopic (exact) mass is 272 g/mol. The molecule has 3 N–H and O–H groups in total. The minimum absolute atomic E-state index is 0.0593. The van der Waals surface area contributed by atoms with Crippen LogP contribution in [0.25, 0.3) is 0 Å². The van der Waals surface area contributed by atoms with E-state index < -0.39 is 12.0 Å². The van der Waals surface area contributed by atoms with Gasteiger partial charge in [0.25, 0.3) is 0 Å². The van der Waals surface area contributed by atoms with E-state index in [0.29, 0.717) is 13.1 Å². The van der Waals surface area contributed by atoms with E-state index in [1.54, 1.807) is 4.90 Å². The molecule has 0 unspecified atom stereocenters. The first-order valence-corrected chi connectivity index (χ1v) is 6.20. The molecule has 1 rings (SSSR count). The van der Waals surface area contributed by atoms with Gasteiger partial charge in [-0.05, 0) is 0 Å². The second kappa shape index (κ2) is 7.57. The van der Waals surface area contributed by atoms with Crippen LogP contribution in [0, 0.1) is 0 Å². The highest BCUT2D eigenvalue weighted by atomic mass is 16.4. The fourth-order valence-electron chi connectivity index (χ4n) is 1.68. The van der Waals surface area contributed by atoms with Gasteiger partial charge in [0.05, 0.1) is 13.0 Å². The molecule has 19 heavy (non-hydrogen) atoms. The van der Waals surface area contributed by atoms with Crippen molar-refractivity contribution in [1.29, 1.82) is 0 Å². The molecular weight excluding hydrogens is 252 g/mol. The van der Waals surface area contributed by atoms with Crippen LogP contribution in [-0.4, -0.2) is 79.1 Å². The lowest BCUT2D eigenvalue weighted by atomic mass is 10.3. The molecule has 108 valence electrons. The average Bonchev–Trinajstić information content (AvgIpc) is 2.42. The van der Waals surface area contributed by atoms with Gasteiger partial charge in [0.2, 0.25) is 5.91 Å². The average molecular weight is 272 g/mol. The number of piperazine rings is 1. The zero-order valence-electron chi connectivity index (χ0n) is 11.0. The van der Waals surface area contributed by atoms with Gasteiger partial charge in [-0.15, -0.1) is 0 Å². The summed E-state index contributed by atoms with van der Waals surface area (Å²) in [5, 5.41) is 14.1. The van der Waals surface area contributed by atoms with E-state index in [4.69, 9.17) is 5.11 Å². The summed E-state index contributed by atoms with van der Waals surface area (Å²) in [6.07, 6.45) is -0.115. The maximum Gasteiger partial charge on any atom is 0.317 e. The second-order valence-corrected chi connectivity index (χ2v) is 4.35. The van der Waals surface area contributed by atoms with Gasteiger partial charge in [-0.2, -0.15) is 0 Å². The quantitative estimate of drug-likeness (QED) is 0.567. The van der Waals surface area contributed by atoms with Crippen molar-refractivity contribution in [2.75, 3.05) is 46.3 Å². The Bertz CT molecular complexity index is 342. The van der Waals surface area contributed by atoms with Crippen LogP contribution in [-0.2, 0) is 9.59 Å². The van der Waals surface area contributed by atoms with E-state index in [-0.39, 0.29) is 25.4 Å². The summed E-state index contributed by atoms with van der Waals surface area (Å²) >= 11 is 0. The molecule has 0 radical (unpaired) electrons. The topological polar surface area (TPSA) is 102 Å². The van der Waals surface area contributed by atoms with Crippen molar-refractivity contribution in [3.63, 3.8) is 0 Å². The van der Waals surface area contributed by atoms with Crippen LogP contribution in [0.1, 0.15) is 6.42 Å². The van der Waals surface area contributed by atoms with Crippen LogP contribution >= 0.6 is 0 Å². The molecular formula is C11H20N4O4. The molecule has 8 nitrogen and oxygen atoms in total. The number of urea groups is 1. The maximum atomic E-state index is 11.8. The number of carbonyl (C=O) groups is 3. The van der Waals surface area contributed by atoms with Crippen molar-refractivity contribution in [3.8, 4) is 0 Å². The van der Waals surface area contributed by atoms with E-state index in [1.807, 2.05) is 0 Å². The van der Waals surface area contributed by atoms with Crippen molar-refractivity contribution >= 4 is 17.9 Å². The fourth-order valence-corrected chi connectivity index (χ4v) is 1.68. The van der Waals surface area contributed by atoms with Gasteiger partial charge in [0, 0.05) is 39.8 Å². The molecule has 0 aromatic carbocycles. The van der Waals surface area contributed by atoms with E-state index in [0.717, 1.165) is 13.1 Å². The highest BCUT2D eigenvalue weighted by Gasteiger charge is 2.17. The Balaban J connectivity index is 2.24. The van der Waals surface area contributed by atoms with Gasteiger partial charge in [-0.1, -0.05) is 0 Å². The number of aliphatic carboxylic acids is 1. The minimum Gasteiger partial charge on any atom is -0.481 e. The lowest BCUT2D eigenvalue weighted by molar-refractivity contribution is -0.137. The van der Waals surface area contributed by atoms with Crippen LogP contribution in [0.4, 0.5) is 4.79 Å². The normalized spacial score (nSPS) is 14.9. The van der Waals surface area contributed by atoms with Crippen LogP contribution in [0.15, 0.2) is 0 Å². The minimum atomic E-state index is -0.962. The Labute approximate surface area is 111 Å². The summed E-state index contributed by atoms with van der Waals surface area (Å²) < 4.78 is 0. The number of amides is 3. The lowest BCUT2D eigenvalue weighted by Gasteiger charge is -2.27. The van der Waals surface area contributed by atoms with Gasteiger partial charge in [-0.3, -0.25) is 9.59 Å². The van der Waals surface area contributed by atoms with Gasteiger partial charge in [-0.25, -0.2) is 4.79 Å². The van der Waals surface area contributed by atoms with Crippen LogP contribution < -0.4 is 10.6 Å². The van der Waals surface area contributed by atoms with E-state index in [1.165, 1.54) is 11.9 Å². The molecule has 1 heterocycles. The third-order valence-corrected chi connectivity index (χ3v) is 2.87. The molecule has 0 aromatic heterocycles. The number of hydrogen-bond acceptors (Lipinski definition) is 4. The second-order valence-electron chi connectivity index (χ2n) is 4.35. The summed E-state index contributed by atoms with van der Waals surface area (Å²) in [5.74, 6) is -1.09. The standard InChI is InChI=1S/C11H20N4O4/c1-14(5-2-10(17)18)11(19)13-8-9(16)15-6-3-12-4-7-15/h12H,2-8H2,1H3,(H,13,19)(H,17,18). The van der Waals surface area contributed by atoms with Crippen molar-refractivity contribution in [2.24, 2.45) is 0 Å². The van der Waals surface area contributed by atoms with E-state index in [2.05, 4.69) is 10.6 Å². The Morgan fingerprint density at radius 3 is 2.53 bits per heavy atom. The third kappa shape index (κ3) is 5.56. The predicted molar refractivity (Wildman–Crippen MR) is 67.7 cm³/mol. The molecule has 0 bridgehead atoms. The summed E-state index contributed by atoms with van der Waals surface area (Å²) in [4.78, 5) is 36.7. The van der Waals surface area contributed by atoms with Crippen molar-refractivity contribution in [1.82, 2.24) is 20.4 Å². The Morgan fingerprint density at radius 1 is 1.32 bits per heavy atom.